The van der Waals surface area contributed by atoms with E-state index in [0.29, 0.717) is 6.04 Å². The van der Waals surface area contributed by atoms with E-state index in [1.54, 1.807) is 0 Å². The van der Waals surface area contributed by atoms with Gasteiger partial charge in [0.15, 0.2) is 0 Å². The monoisotopic (exact) mass is 268 g/mol. The molecule has 1 unspecified atom stereocenters. The van der Waals surface area contributed by atoms with Crippen LogP contribution in [0.4, 0.5) is 0 Å². The second-order valence-electron chi connectivity index (χ2n) is 4.62. The summed E-state index contributed by atoms with van der Waals surface area (Å²) in [7, 11) is 1.92. The zero-order valence-corrected chi connectivity index (χ0v) is 11.6. The first-order valence-corrected chi connectivity index (χ1v) is 6.32. The summed E-state index contributed by atoms with van der Waals surface area (Å²) in [6.45, 7) is 2.08. The molecule has 0 saturated carbocycles. The maximum Gasteiger partial charge on any atom is 0.253 e. The highest BCUT2D eigenvalue weighted by Gasteiger charge is 2.21. The first kappa shape index (κ1) is 15.0. The first-order valence-electron chi connectivity index (χ1n) is 6.32. The Hall–Kier alpha value is -1.06. The Morgan fingerprint density at radius 2 is 1.94 bits per heavy atom. The third-order valence-electron chi connectivity index (χ3n) is 3.43. The summed E-state index contributed by atoms with van der Waals surface area (Å²) in [6.07, 6.45) is 3.30. The number of nitrogens with zero attached hydrogens (tertiary/aromatic N) is 1. The van der Waals surface area contributed by atoms with Crippen molar-refractivity contribution in [2.45, 2.75) is 25.3 Å². The van der Waals surface area contributed by atoms with Gasteiger partial charge in [-0.1, -0.05) is 18.2 Å². The van der Waals surface area contributed by atoms with E-state index in [-0.39, 0.29) is 18.3 Å². The molecule has 1 N–H and O–H groups in total. The molecule has 3 nitrogen and oxygen atoms in total. The lowest BCUT2D eigenvalue weighted by atomic mass is 10.1. The van der Waals surface area contributed by atoms with Crippen molar-refractivity contribution in [3.63, 3.8) is 0 Å². The summed E-state index contributed by atoms with van der Waals surface area (Å²) in [5.74, 6) is 0.137. The average Bonchev–Trinajstić information content (AvgIpc) is 2.67. The molecule has 1 heterocycles. The van der Waals surface area contributed by atoms with Crippen LogP contribution in [0, 0.1) is 0 Å². The van der Waals surface area contributed by atoms with E-state index in [9.17, 15) is 4.79 Å². The summed E-state index contributed by atoms with van der Waals surface area (Å²) >= 11 is 0. The van der Waals surface area contributed by atoms with Crippen LogP contribution in [0.3, 0.4) is 0 Å². The van der Waals surface area contributed by atoms with Gasteiger partial charge >= 0.3 is 0 Å². The highest BCUT2D eigenvalue weighted by atomic mass is 35.5. The fourth-order valence-corrected chi connectivity index (χ4v) is 2.34. The Bertz CT molecular complexity index is 361. The predicted molar refractivity (Wildman–Crippen MR) is 76.3 cm³/mol. The number of amides is 1. The van der Waals surface area contributed by atoms with Gasteiger partial charge in [0.2, 0.25) is 0 Å². The molecule has 1 atom stereocenters. The van der Waals surface area contributed by atoms with Gasteiger partial charge in [-0.05, 0) is 44.5 Å². The molecule has 1 aromatic rings. The van der Waals surface area contributed by atoms with Crippen molar-refractivity contribution < 1.29 is 4.79 Å². The van der Waals surface area contributed by atoms with Gasteiger partial charge in [0.05, 0.1) is 0 Å². The molecule has 0 radical (unpaired) electrons. The fourth-order valence-electron chi connectivity index (χ4n) is 2.34. The summed E-state index contributed by atoms with van der Waals surface area (Å²) in [5, 5.41) is 3.37. The van der Waals surface area contributed by atoms with E-state index in [2.05, 4.69) is 5.32 Å². The molecule has 18 heavy (non-hydrogen) atoms. The molecule has 1 amide bonds. The van der Waals surface area contributed by atoms with E-state index in [0.717, 1.165) is 37.9 Å². The Kier molecular flexibility index (Phi) is 6.16. The Labute approximate surface area is 115 Å². The SMILES string of the molecule is CN(C(=O)c1ccccc1)C1CCCNCC1.Cl. The minimum absolute atomic E-state index is 0. The highest BCUT2D eigenvalue weighted by molar-refractivity contribution is 5.94. The Morgan fingerprint density at radius 3 is 2.67 bits per heavy atom. The lowest BCUT2D eigenvalue weighted by Crippen LogP contribution is -2.37. The van der Waals surface area contributed by atoms with Crippen molar-refractivity contribution in [2.75, 3.05) is 20.1 Å². The van der Waals surface area contributed by atoms with E-state index < -0.39 is 0 Å². The molecule has 2 rings (SSSR count). The number of carbonyl (C=O) groups excluding carboxylic acids is 1. The van der Waals surface area contributed by atoms with E-state index in [4.69, 9.17) is 0 Å². The molecule has 0 spiro atoms. The van der Waals surface area contributed by atoms with Crippen LogP contribution in [0.15, 0.2) is 30.3 Å². The molecule has 0 aromatic heterocycles. The molecule has 1 fully saturated rings. The van der Waals surface area contributed by atoms with Crippen LogP contribution >= 0.6 is 12.4 Å². The molecular weight excluding hydrogens is 248 g/mol. The van der Waals surface area contributed by atoms with Crippen LogP contribution in [0.25, 0.3) is 0 Å². The van der Waals surface area contributed by atoms with Crippen molar-refractivity contribution in [3.05, 3.63) is 35.9 Å². The third-order valence-corrected chi connectivity index (χ3v) is 3.43. The molecule has 100 valence electrons. The lowest BCUT2D eigenvalue weighted by Gasteiger charge is -2.27. The van der Waals surface area contributed by atoms with Crippen molar-refractivity contribution >= 4 is 18.3 Å². The minimum Gasteiger partial charge on any atom is -0.339 e. The summed E-state index contributed by atoms with van der Waals surface area (Å²) in [6, 6.07) is 9.90. The second-order valence-corrected chi connectivity index (χ2v) is 4.62. The van der Waals surface area contributed by atoms with Crippen LogP contribution in [0.5, 0.6) is 0 Å². The van der Waals surface area contributed by atoms with E-state index >= 15 is 0 Å². The number of nitrogens with one attached hydrogen (secondary N) is 1. The standard InChI is InChI=1S/C14H20N2O.ClH/c1-16(13-8-5-10-15-11-9-13)14(17)12-6-3-2-4-7-12;/h2-4,6-7,13,15H,5,8-11H2,1H3;1H. The zero-order valence-electron chi connectivity index (χ0n) is 10.8. The molecule has 0 bridgehead atoms. The maximum atomic E-state index is 12.3. The largest absolute Gasteiger partial charge is 0.339 e. The predicted octanol–water partition coefficient (Wildman–Crippen LogP) is 2.32. The number of benzene rings is 1. The van der Waals surface area contributed by atoms with Gasteiger partial charge in [-0.2, -0.15) is 0 Å². The highest BCUT2D eigenvalue weighted by Crippen LogP contribution is 2.14. The maximum absolute atomic E-state index is 12.3. The first-order chi connectivity index (χ1) is 8.29. The fraction of sp³-hybridized carbons (Fsp3) is 0.500. The average molecular weight is 269 g/mol. The zero-order chi connectivity index (χ0) is 12.1. The van der Waals surface area contributed by atoms with E-state index in [1.165, 1.54) is 0 Å². The number of hydrogen-bond donors (Lipinski definition) is 1. The molecular formula is C14H21ClN2O. The van der Waals surface area contributed by atoms with Crippen molar-refractivity contribution in [1.29, 1.82) is 0 Å². The van der Waals surface area contributed by atoms with Crippen molar-refractivity contribution in [1.82, 2.24) is 10.2 Å². The second kappa shape index (κ2) is 7.39. The quantitative estimate of drug-likeness (QED) is 0.893. The van der Waals surface area contributed by atoms with Crippen LogP contribution in [0.2, 0.25) is 0 Å². The summed E-state index contributed by atoms with van der Waals surface area (Å²) in [5.41, 5.74) is 0.784. The molecule has 1 aromatic carbocycles. The molecule has 1 aliphatic rings. The van der Waals surface area contributed by atoms with Crippen LogP contribution in [-0.4, -0.2) is 37.0 Å². The number of rotatable bonds is 2. The molecule has 4 heteroatoms. The minimum atomic E-state index is 0. The normalized spacial score (nSPS) is 19.5. The third kappa shape index (κ3) is 3.72. The van der Waals surface area contributed by atoms with Gasteiger partial charge < -0.3 is 10.2 Å². The van der Waals surface area contributed by atoms with Gasteiger partial charge in [0.1, 0.15) is 0 Å². The van der Waals surface area contributed by atoms with Crippen LogP contribution in [0.1, 0.15) is 29.6 Å². The molecule has 0 aliphatic carbocycles. The van der Waals surface area contributed by atoms with Crippen molar-refractivity contribution in [2.24, 2.45) is 0 Å². The van der Waals surface area contributed by atoms with Crippen LogP contribution < -0.4 is 5.32 Å². The molecule has 1 saturated heterocycles. The molecule has 1 aliphatic heterocycles. The van der Waals surface area contributed by atoms with Gasteiger partial charge in [-0.15, -0.1) is 12.4 Å². The van der Waals surface area contributed by atoms with Crippen LogP contribution in [-0.2, 0) is 0 Å². The van der Waals surface area contributed by atoms with Gasteiger partial charge in [0, 0.05) is 18.7 Å². The Morgan fingerprint density at radius 1 is 1.22 bits per heavy atom. The smallest absolute Gasteiger partial charge is 0.253 e. The van der Waals surface area contributed by atoms with E-state index in [1.807, 2.05) is 42.3 Å². The van der Waals surface area contributed by atoms with Gasteiger partial charge in [-0.25, -0.2) is 0 Å². The summed E-state index contributed by atoms with van der Waals surface area (Å²) < 4.78 is 0. The van der Waals surface area contributed by atoms with Crippen molar-refractivity contribution in [3.8, 4) is 0 Å². The topological polar surface area (TPSA) is 32.3 Å². The Balaban J connectivity index is 0.00000162. The van der Waals surface area contributed by atoms with Gasteiger partial charge in [0.25, 0.3) is 5.91 Å². The number of hydrogen-bond acceptors (Lipinski definition) is 2. The summed E-state index contributed by atoms with van der Waals surface area (Å²) in [4.78, 5) is 14.2. The lowest BCUT2D eigenvalue weighted by molar-refractivity contribution is 0.0720. The van der Waals surface area contributed by atoms with Gasteiger partial charge in [-0.3, -0.25) is 4.79 Å². The number of halogens is 1. The number of carbonyl (C=O) groups is 1.